The van der Waals surface area contributed by atoms with Crippen molar-refractivity contribution in [2.75, 3.05) is 12.9 Å². The number of hydrogen-bond acceptors (Lipinski definition) is 7. The van der Waals surface area contributed by atoms with Crippen molar-refractivity contribution in [3.8, 4) is 5.88 Å². The number of halogens is 1. The molecule has 1 aromatic carbocycles. The first-order chi connectivity index (χ1) is 17.4. The van der Waals surface area contributed by atoms with Gasteiger partial charge in [0.1, 0.15) is 5.56 Å². The zero-order valence-electron chi connectivity index (χ0n) is 22.0. The molecular formula is C26H33ClN4O5S. The third-order valence-corrected chi connectivity index (χ3v) is 8.02. The highest BCUT2D eigenvalue weighted by Gasteiger charge is 2.34. The molecular weight excluding hydrogens is 516 g/mol. The molecule has 0 radical (unpaired) electrons. The molecule has 0 N–H and O–H groups in total. The van der Waals surface area contributed by atoms with Crippen molar-refractivity contribution in [3.05, 3.63) is 57.0 Å². The van der Waals surface area contributed by atoms with Crippen LogP contribution in [0.15, 0.2) is 23.2 Å². The Kier molecular flexibility index (Phi) is 7.83. The Balaban J connectivity index is 1.81. The predicted molar refractivity (Wildman–Crippen MR) is 140 cm³/mol. The molecule has 1 aliphatic rings. The lowest BCUT2D eigenvalue weighted by Gasteiger charge is -2.16. The van der Waals surface area contributed by atoms with Crippen LogP contribution in [0.2, 0.25) is 5.02 Å². The number of ether oxygens (including phenoxy) is 2. The van der Waals surface area contributed by atoms with Crippen molar-refractivity contribution < 1.29 is 22.7 Å². The first kappa shape index (κ1) is 27.3. The maximum Gasteiger partial charge on any atom is 0.348 e. The second kappa shape index (κ2) is 10.6. The summed E-state index contributed by atoms with van der Waals surface area (Å²) in [5, 5.41) is 9.44. The molecule has 0 atom stereocenters. The lowest BCUT2D eigenvalue weighted by molar-refractivity contribution is 0.0713. The minimum Gasteiger partial charge on any atom is -0.404 e. The van der Waals surface area contributed by atoms with E-state index in [0.29, 0.717) is 46.3 Å². The molecule has 0 saturated heterocycles. The van der Waals surface area contributed by atoms with Crippen LogP contribution in [0.3, 0.4) is 0 Å². The third kappa shape index (κ3) is 5.76. The summed E-state index contributed by atoms with van der Waals surface area (Å²) in [5.41, 5.74) is 3.76. The molecule has 1 fully saturated rings. The highest BCUT2D eigenvalue weighted by atomic mass is 35.5. The van der Waals surface area contributed by atoms with Crippen LogP contribution < -0.4 is 4.74 Å². The molecule has 2 heterocycles. The zero-order valence-corrected chi connectivity index (χ0v) is 23.6. The van der Waals surface area contributed by atoms with Crippen LogP contribution in [-0.2, 0) is 34.6 Å². The first-order valence-electron chi connectivity index (χ1n) is 12.3. The summed E-state index contributed by atoms with van der Waals surface area (Å²) < 4.78 is 39.7. The molecule has 4 rings (SSSR count). The summed E-state index contributed by atoms with van der Waals surface area (Å²) in [6.45, 7) is 8.06. The van der Waals surface area contributed by atoms with Crippen LogP contribution in [0.5, 0.6) is 5.88 Å². The van der Waals surface area contributed by atoms with Gasteiger partial charge in [0.2, 0.25) is 5.88 Å². The molecule has 1 aliphatic carbocycles. The molecule has 37 heavy (non-hydrogen) atoms. The zero-order chi connectivity index (χ0) is 27.1. The van der Waals surface area contributed by atoms with Gasteiger partial charge in [-0.05, 0) is 52.2 Å². The number of aryl methyl sites for hydroxylation is 2. The van der Waals surface area contributed by atoms with Crippen molar-refractivity contribution in [1.82, 2.24) is 19.6 Å². The van der Waals surface area contributed by atoms with E-state index in [1.54, 1.807) is 41.7 Å². The van der Waals surface area contributed by atoms with Crippen molar-refractivity contribution in [2.45, 2.75) is 70.4 Å². The number of carbonyl (C=O) groups excluding carboxylic acids is 1. The quantitative estimate of drug-likeness (QED) is 0.335. The topological polar surface area (TPSA) is 105 Å². The summed E-state index contributed by atoms with van der Waals surface area (Å²) in [6.07, 6.45) is 5.13. The van der Waals surface area contributed by atoms with Gasteiger partial charge in [-0.15, -0.1) is 0 Å². The smallest absolute Gasteiger partial charge is 0.348 e. The summed E-state index contributed by atoms with van der Waals surface area (Å²) in [7, 11) is -1.76. The number of rotatable bonds is 10. The molecule has 1 saturated carbocycles. The van der Waals surface area contributed by atoms with E-state index in [9.17, 15) is 13.2 Å². The molecule has 9 nitrogen and oxygen atoms in total. The molecule has 11 heteroatoms. The second-order valence-electron chi connectivity index (χ2n) is 9.77. The van der Waals surface area contributed by atoms with Crippen molar-refractivity contribution >= 4 is 27.4 Å². The molecule has 0 bridgehead atoms. The van der Waals surface area contributed by atoms with Gasteiger partial charge in [0.05, 0.1) is 34.0 Å². The predicted octanol–water partition coefficient (Wildman–Crippen LogP) is 4.79. The highest BCUT2D eigenvalue weighted by Crippen LogP contribution is 2.45. The maximum absolute atomic E-state index is 13.2. The Bertz CT molecular complexity index is 1440. The number of esters is 1. The minimum atomic E-state index is -3.51. The van der Waals surface area contributed by atoms with Gasteiger partial charge in [0, 0.05) is 49.6 Å². The fourth-order valence-electron chi connectivity index (χ4n) is 4.39. The van der Waals surface area contributed by atoms with E-state index in [1.165, 1.54) is 0 Å². The van der Waals surface area contributed by atoms with Gasteiger partial charge >= 0.3 is 5.97 Å². The van der Waals surface area contributed by atoms with E-state index in [4.69, 9.17) is 26.2 Å². The van der Waals surface area contributed by atoms with Gasteiger partial charge < -0.3 is 9.47 Å². The Morgan fingerprint density at radius 2 is 1.92 bits per heavy atom. The van der Waals surface area contributed by atoms with E-state index < -0.39 is 15.8 Å². The van der Waals surface area contributed by atoms with Gasteiger partial charge in [-0.25, -0.2) is 17.9 Å². The molecule has 0 unspecified atom stereocenters. The molecule has 2 aromatic heterocycles. The Morgan fingerprint density at radius 1 is 1.22 bits per heavy atom. The van der Waals surface area contributed by atoms with Crippen LogP contribution >= 0.6 is 11.6 Å². The molecule has 0 aliphatic heterocycles. The van der Waals surface area contributed by atoms with Crippen molar-refractivity contribution in [1.29, 1.82) is 0 Å². The SMILES string of the molecule is CCOCc1c(S(C)(=O)=O)ccc(Cc2c(C3CC3)nn(C(C)C)c2OC(=O)c2cn(C)nc2C)c1Cl. The van der Waals surface area contributed by atoms with Crippen LogP contribution in [0, 0.1) is 6.92 Å². The fourth-order valence-corrected chi connectivity index (χ4v) is 5.65. The molecule has 3 aromatic rings. The lowest BCUT2D eigenvalue weighted by atomic mass is 10.0. The largest absolute Gasteiger partial charge is 0.404 e. The summed E-state index contributed by atoms with van der Waals surface area (Å²) in [6, 6.07) is 3.23. The summed E-state index contributed by atoms with van der Waals surface area (Å²) in [5.74, 6) is 0.149. The van der Waals surface area contributed by atoms with Gasteiger partial charge in [0.25, 0.3) is 0 Å². The average molecular weight is 549 g/mol. The van der Waals surface area contributed by atoms with E-state index >= 15 is 0 Å². The number of nitrogens with zero attached hydrogens (tertiary/aromatic N) is 4. The van der Waals surface area contributed by atoms with Crippen molar-refractivity contribution in [2.24, 2.45) is 7.05 Å². The number of benzene rings is 1. The summed E-state index contributed by atoms with van der Waals surface area (Å²) >= 11 is 6.81. The maximum atomic E-state index is 13.2. The number of hydrogen-bond donors (Lipinski definition) is 0. The molecule has 200 valence electrons. The lowest BCUT2D eigenvalue weighted by Crippen LogP contribution is -2.15. The number of carbonyl (C=O) groups is 1. The standard InChI is InChI=1S/C26H33ClN4O5S/c1-7-35-14-21-22(37(6,33)34)11-10-18(23(21)27)12-19-24(17-8-9-17)29-31(15(2)3)25(19)36-26(32)20-13-30(5)28-16(20)4/h10-11,13,15,17H,7-9,12,14H2,1-6H3. The highest BCUT2D eigenvalue weighted by molar-refractivity contribution is 7.90. The second-order valence-corrected chi connectivity index (χ2v) is 12.1. The van der Waals surface area contributed by atoms with E-state index in [0.717, 1.165) is 30.4 Å². The Labute approximate surface area is 222 Å². The fraction of sp³-hybridized carbons (Fsp3) is 0.500. The van der Waals surface area contributed by atoms with Crippen LogP contribution in [0.1, 0.15) is 84.0 Å². The molecule has 0 spiro atoms. The van der Waals surface area contributed by atoms with Crippen LogP contribution in [0.25, 0.3) is 0 Å². The average Bonchev–Trinajstić information content (AvgIpc) is 3.51. The van der Waals surface area contributed by atoms with Gasteiger partial charge in [-0.3, -0.25) is 4.68 Å². The Morgan fingerprint density at radius 3 is 2.46 bits per heavy atom. The van der Waals surface area contributed by atoms with Gasteiger partial charge in [-0.2, -0.15) is 10.2 Å². The number of sulfone groups is 1. The minimum absolute atomic E-state index is 0.0550. The van der Waals surface area contributed by atoms with Crippen LogP contribution in [-0.4, -0.2) is 46.8 Å². The number of aromatic nitrogens is 4. The van der Waals surface area contributed by atoms with Crippen molar-refractivity contribution in [3.63, 3.8) is 0 Å². The van der Waals surface area contributed by atoms with E-state index in [1.807, 2.05) is 20.8 Å². The normalized spacial score (nSPS) is 13.9. The van der Waals surface area contributed by atoms with E-state index in [2.05, 4.69) is 5.10 Å². The van der Waals surface area contributed by atoms with Gasteiger partial charge in [0.15, 0.2) is 9.84 Å². The first-order valence-corrected chi connectivity index (χ1v) is 14.6. The summed E-state index contributed by atoms with van der Waals surface area (Å²) in [4.78, 5) is 13.3. The molecule has 0 amide bonds. The Hall–Kier alpha value is -2.69. The van der Waals surface area contributed by atoms with Gasteiger partial charge in [-0.1, -0.05) is 17.7 Å². The monoisotopic (exact) mass is 548 g/mol. The van der Waals surface area contributed by atoms with E-state index in [-0.39, 0.29) is 23.5 Å². The third-order valence-electron chi connectivity index (χ3n) is 6.36. The van der Waals surface area contributed by atoms with Crippen LogP contribution in [0.4, 0.5) is 0 Å².